The lowest BCUT2D eigenvalue weighted by atomic mass is 10.0. The number of ether oxygens (including phenoxy) is 2. The summed E-state index contributed by atoms with van der Waals surface area (Å²) >= 11 is 0. The molecule has 1 aromatic heterocycles. The number of aromatic nitrogens is 1. The van der Waals surface area contributed by atoms with Crippen LogP contribution in [0.15, 0.2) is 29.2 Å². The molecule has 0 N–H and O–H groups in total. The van der Waals surface area contributed by atoms with Gasteiger partial charge in [0.2, 0.25) is 10.0 Å². The molecule has 0 aliphatic rings. The number of carbonyl (C=O) groups excluding carboxylic acids is 2. The minimum atomic E-state index is -3.97. The van der Waals surface area contributed by atoms with E-state index in [0.29, 0.717) is 29.1 Å². The molecule has 0 aliphatic heterocycles. The summed E-state index contributed by atoms with van der Waals surface area (Å²) in [6.45, 7) is 11.3. The largest absolute Gasteiger partial charge is 0.461 e. The molecular formula is C24H34N2O6S. The first-order valence-corrected chi connectivity index (χ1v) is 12.4. The summed E-state index contributed by atoms with van der Waals surface area (Å²) in [6.07, 6.45) is 0. The van der Waals surface area contributed by atoms with Crippen LogP contribution in [-0.4, -0.2) is 62.0 Å². The van der Waals surface area contributed by atoms with Crippen LogP contribution in [0.3, 0.4) is 0 Å². The van der Waals surface area contributed by atoms with Crippen LogP contribution in [0.25, 0.3) is 0 Å². The number of Topliss-reactive ketones (excluding diaryl/α,β-unsaturated/α-hetero) is 1. The smallest absolute Gasteiger partial charge is 0.355 e. The summed E-state index contributed by atoms with van der Waals surface area (Å²) in [5, 5.41) is 0. The van der Waals surface area contributed by atoms with Crippen molar-refractivity contribution in [3.63, 3.8) is 0 Å². The summed E-state index contributed by atoms with van der Waals surface area (Å²) in [7, 11) is -2.49. The number of esters is 1. The zero-order valence-electron chi connectivity index (χ0n) is 20.5. The SMILES string of the molecule is CCOC(=O)c1c(C)c(C(=O)C(C)N(CCOC)S(=O)(=O)c2ccc(C)cc2)c(C)n1CC. The molecule has 8 nitrogen and oxygen atoms in total. The Labute approximate surface area is 196 Å². The second-order valence-electron chi connectivity index (χ2n) is 7.86. The lowest BCUT2D eigenvalue weighted by Gasteiger charge is -2.27. The number of hydrogen-bond donors (Lipinski definition) is 0. The highest BCUT2D eigenvalue weighted by atomic mass is 32.2. The molecular weight excluding hydrogens is 444 g/mol. The maximum absolute atomic E-state index is 13.7. The van der Waals surface area contributed by atoms with Gasteiger partial charge in [0, 0.05) is 31.5 Å². The van der Waals surface area contributed by atoms with E-state index >= 15 is 0 Å². The van der Waals surface area contributed by atoms with Gasteiger partial charge in [-0.2, -0.15) is 4.31 Å². The molecule has 1 atom stereocenters. The Morgan fingerprint density at radius 3 is 2.21 bits per heavy atom. The first-order chi connectivity index (χ1) is 15.5. The fourth-order valence-electron chi connectivity index (χ4n) is 4.00. The van der Waals surface area contributed by atoms with Crippen LogP contribution < -0.4 is 0 Å². The number of ketones is 1. The van der Waals surface area contributed by atoms with Crippen LogP contribution in [0.2, 0.25) is 0 Å². The molecule has 33 heavy (non-hydrogen) atoms. The first-order valence-electron chi connectivity index (χ1n) is 11.0. The number of sulfonamides is 1. The molecule has 2 aromatic rings. The molecule has 1 unspecified atom stereocenters. The van der Waals surface area contributed by atoms with Crippen molar-refractivity contribution in [1.82, 2.24) is 8.87 Å². The number of methoxy groups -OCH3 is 1. The van der Waals surface area contributed by atoms with E-state index < -0.39 is 22.0 Å². The Kier molecular flexibility index (Phi) is 8.99. The summed E-state index contributed by atoms with van der Waals surface area (Å²) in [5.74, 6) is -0.885. The maximum Gasteiger partial charge on any atom is 0.355 e. The van der Waals surface area contributed by atoms with Gasteiger partial charge in [0.15, 0.2) is 5.78 Å². The Balaban J connectivity index is 2.56. The molecule has 0 bridgehead atoms. The van der Waals surface area contributed by atoms with E-state index in [0.717, 1.165) is 9.87 Å². The lowest BCUT2D eigenvalue weighted by Crippen LogP contribution is -2.45. The highest BCUT2D eigenvalue weighted by Crippen LogP contribution is 2.27. The number of nitrogens with zero attached hydrogens (tertiary/aromatic N) is 2. The molecule has 0 saturated heterocycles. The molecule has 0 radical (unpaired) electrons. The maximum atomic E-state index is 13.7. The predicted octanol–water partition coefficient (Wildman–Crippen LogP) is 3.52. The van der Waals surface area contributed by atoms with Gasteiger partial charge in [-0.1, -0.05) is 17.7 Å². The van der Waals surface area contributed by atoms with E-state index in [1.165, 1.54) is 19.2 Å². The number of hydrogen-bond acceptors (Lipinski definition) is 6. The second-order valence-corrected chi connectivity index (χ2v) is 9.75. The molecule has 1 heterocycles. The predicted molar refractivity (Wildman–Crippen MR) is 126 cm³/mol. The minimum Gasteiger partial charge on any atom is -0.461 e. The summed E-state index contributed by atoms with van der Waals surface area (Å²) < 4.78 is 40.1. The summed E-state index contributed by atoms with van der Waals surface area (Å²) in [4.78, 5) is 26.4. The van der Waals surface area contributed by atoms with Crippen LogP contribution >= 0.6 is 0 Å². The first kappa shape index (κ1) is 26.8. The van der Waals surface area contributed by atoms with Crippen molar-refractivity contribution in [2.45, 2.75) is 59.0 Å². The van der Waals surface area contributed by atoms with Crippen LogP contribution in [0, 0.1) is 20.8 Å². The molecule has 2 rings (SSSR count). The zero-order valence-corrected chi connectivity index (χ0v) is 21.3. The fraction of sp³-hybridized carbons (Fsp3) is 0.500. The van der Waals surface area contributed by atoms with Crippen molar-refractivity contribution in [1.29, 1.82) is 0 Å². The number of rotatable bonds is 11. The van der Waals surface area contributed by atoms with Gasteiger partial charge in [0.1, 0.15) is 5.69 Å². The van der Waals surface area contributed by atoms with Gasteiger partial charge in [-0.05, 0) is 59.2 Å². The standard InChI is InChI=1S/C24H34N2O6S/c1-8-25-18(5)21(17(4)22(25)24(28)32-9-2)23(27)19(6)26(14-15-31-7)33(29,30)20-12-10-16(3)11-13-20/h10-13,19H,8-9,14-15H2,1-7H3. The average Bonchev–Trinajstić information content (AvgIpc) is 3.02. The van der Waals surface area contributed by atoms with Crippen molar-refractivity contribution >= 4 is 21.8 Å². The van der Waals surface area contributed by atoms with E-state index in [9.17, 15) is 18.0 Å². The molecule has 0 spiro atoms. The third-order valence-electron chi connectivity index (χ3n) is 5.75. The molecule has 182 valence electrons. The molecule has 1 aromatic carbocycles. The van der Waals surface area contributed by atoms with Gasteiger partial charge in [-0.3, -0.25) is 4.79 Å². The van der Waals surface area contributed by atoms with Gasteiger partial charge in [0.25, 0.3) is 0 Å². The van der Waals surface area contributed by atoms with Gasteiger partial charge in [-0.15, -0.1) is 0 Å². The fourth-order valence-corrected chi connectivity index (χ4v) is 5.58. The molecule has 0 fully saturated rings. The van der Waals surface area contributed by atoms with Gasteiger partial charge >= 0.3 is 5.97 Å². The van der Waals surface area contributed by atoms with Crippen LogP contribution in [0.4, 0.5) is 0 Å². The quantitative estimate of drug-likeness (QED) is 0.362. The van der Waals surface area contributed by atoms with Crippen molar-refractivity contribution in [2.75, 3.05) is 26.9 Å². The Morgan fingerprint density at radius 2 is 1.70 bits per heavy atom. The molecule has 9 heteroatoms. The zero-order chi connectivity index (χ0) is 24.9. The Morgan fingerprint density at radius 1 is 1.09 bits per heavy atom. The van der Waals surface area contributed by atoms with E-state index in [1.807, 2.05) is 13.8 Å². The van der Waals surface area contributed by atoms with Crippen LogP contribution in [-0.2, 0) is 26.0 Å². The van der Waals surface area contributed by atoms with Crippen molar-refractivity contribution in [3.8, 4) is 0 Å². The highest BCUT2D eigenvalue weighted by molar-refractivity contribution is 7.89. The molecule has 0 aliphatic carbocycles. The normalized spacial score (nSPS) is 12.7. The number of carbonyl (C=O) groups is 2. The van der Waals surface area contributed by atoms with E-state index in [4.69, 9.17) is 9.47 Å². The Hall–Kier alpha value is -2.49. The summed E-state index contributed by atoms with van der Waals surface area (Å²) in [6, 6.07) is 5.49. The van der Waals surface area contributed by atoms with E-state index in [1.54, 1.807) is 44.4 Å². The highest BCUT2D eigenvalue weighted by Gasteiger charge is 2.36. The van der Waals surface area contributed by atoms with E-state index in [2.05, 4.69) is 0 Å². The Bertz CT molecular complexity index is 1100. The third-order valence-corrected chi connectivity index (χ3v) is 7.74. The summed E-state index contributed by atoms with van der Waals surface area (Å²) in [5.41, 5.74) is 2.68. The topological polar surface area (TPSA) is 94.9 Å². The minimum absolute atomic E-state index is 0.0108. The van der Waals surface area contributed by atoms with Gasteiger partial charge in [-0.25, -0.2) is 13.2 Å². The molecule has 0 saturated carbocycles. The van der Waals surface area contributed by atoms with Gasteiger partial charge in [0.05, 0.1) is 24.2 Å². The third kappa shape index (κ3) is 5.37. The van der Waals surface area contributed by atoms with Crippen molar-refractivity contribution < 1.29 is 27.5 Å². The second kappa shape index (κ2) is 11.1. The van der Waals surface area contributed by atoms with Crippen LogP contribution in [0.1, 0.15) is 58.4 Å². The number of benzene rings is 1. The lowest BCUT2D eigenvalue weighted by molar-refractivity contribution is 0.0512. The van der Waals surface area contributed by atoms with Crippen molar-refractivity contribution in [3.05, 3.63) is 52.3 Å². The number of aryl methyl sites for hydroxylation is 1. The molecule has 0 amide bonds. The van der Waals surface area contributed by atoms with E-state index in [-0.39, 0.29) is 30.4 Å². The van der Waals surface area contributed by atoms with Crippen molar-refractivity contribution in [2.24, 2.45) is 0 Å². The monoisotopic (exact) mass is 478 g/mol. The average molecular weight is 479 g/mol. The van der Waals surface area contributed by atoms with Gasteiger partial charge < -0.3 is 14.0 Å². The van der Waals surface area contributed by atoms with Crippen LogP contribution in [0.5, 0.6) is 0 Å².